The molecule has 1 aromatic carbocycles. The van der Waals surface area contributed by atoms with Crippen molar-refractivity contribution in [3.05, 3.63) is 33.1 Å². The summed E-state index contributed by atoms with van der Waals surface area (Å²) in [6.07, 6.45) is 0. The molecule has 1 rings (SSSR count). The van der Waals surface area contributed by atoms with E-state index in [0.29, 0.717) is 3.57 Å². The number of hydrogen-bond acceptors (Lipinski definition) is 0. The van der Waals surface area contributed by atoms with Crippen molar-refractivity contribution in [3.8, 4) is 0 Å². The van der Waals surface area contributed by atoms with Crippen LogP contribution in [0, 0.1) is 16.3 Å². The molecule has 0 nitrogen and oxygen atoms in total. The van der Waals surface area contributed by atoms with Gasteiger partial charge in [-0.3, -0.25) is 0 Å². The fourth-order valence-corrected chi connectivity index (χ4v) is 0.937. The van der Waals surface area contributed by atoms with E-state index in [1.807, 2.05) is 35.6 Å². The van der Waals surface area contributed by atoms with Crippen molar-refractivity contribution in [2.75, 3.05) is 0 Å². The predicted molar refractivity (Wildman–Crippen MR) is 43.9 cm³/mol. The highest BCUT2D eigenvalue weighted by Gasteiger charge is 1.94. The molecule has 0 heterocycles. The lowest BCUT2D eigenvalue weighted by atomic mass is 10.2. The molecule has 2 heteroatoms. The molecular weight excluding hydrogens is 230 g/mol. The minimum Gasteiger partial charge on any atom is -0.206 e. The fraction of sp³-hybridized carbons (Fsp3) is 0.143. The number of benzene rings is 1. The Kier molecular flexibility index (Phi) is 2.05. The van der Waals surface area contributed by atoms with Gasteiger partial charge in [0.1, 0.15) is 5.82 Å². The van der Waals surface area contributed by atoms with E-state index in [2.05, 4.69) is 0 Å². The van der Waals surface area contributed by atoms with E-state index in [1.54, 1.807) is 6.07 Å². The van der Waals surface area contributed by atoms with E-state index in [4.69, 9.17) is 0 Å². The van der Waals surface area contributed by atoms with Crippen molar-refractivity contribution in [3.63, 3.8) is 0 Å². The predicted octanol–water partition coefficient (Wildman–Crippen LogP) is 2.74. The average Bonchev–Trinajstić information content (AvgIpc) is 1.80. The number of hydrogen-bond donors (Lipinski definition) is 0. The molecule has 1 aromatic rings. The third-order valence-electron chi connectivity index (χ3n) is 1.08. The average molecular weight is 236 g/mol. The first-order valence-corrected chi connectivity index (χ1v) is 3.69. The molecule has 0 radical (unpaired) electrons. The second-order valence-corrected chi connectivity index (χ2v) is 3.08. The van der Waals surface area contributed by atoms with Crippen molar-refractivity contribution in [2.45, 2.75) is 6.92 Å². The summed E-state index contributed by atoms with van der Waals surface area (Å²) in [5.41, 5.74) is 0.966. The monoisotopic (exact) mass is 236 g/mol. The molecule has 0 amide bonds. The van der Waals surface area contributed by atoms with Crippen molar-refractivity contribution >= 4 is 22.6 Å². The molecular formula is C7H6FI. The van der Waals surface area contributed by atoms with E-state index >= 15 is 0 Å². The summed E-state index contributed by atoms with van der Waals surface area (Å²) in [5, 5.41) is 0. The third-order valence-corrected chi connectivity index (χ3v) is 1.95. The molecule has 0 bridgehead atoms. The standard InChI is InChI=1S/C7H6FI/c1-5-2-3-7(9)6(8)4-5/h2-4H,1H3. The van der Waals surface area contributed by atoms with Crippen LogP contribution >= 0.6 is 22.6 Å². The molecule has 0 aromatic heterocycles. The minimum atomic E-state index is -0.129. The van der Waals surface area contributed by atoms with Gasteiger partial charge in [0.05, 0.1) is 0 Å². The Labute approximate surface area is 67.2 Å². The van der Waals surface area contributed by atoms with Crippen molar-refractivity contribution < 1.29 is 4.39 Å². The maximum atomic E-state index is 12.6. The quantitative estimate of drug-likeness (QED) is 0.607. The largest absolute Gasteiger partial charge is 0.206 e. The Balaban J connectivity index is 3.17. The number of halogens is 2. The molecule has 0 aliphatic heterocycles. The molecule has 9 heavy (non-hydrogen) atoms. The van der Waals surface area contributed by atoms with Crippen LogP contribution in [0.1, 0.15) is 5.56 Å². The number of aryl methyl sites for hydroxylation is 1. The van der Waals surface area contributed by atoms with Gasteiger partial charge in [0.2, 0.25) is 0 Å². The van der Waals surface area contributed by atoms with Crippen LogP contribution in [-0.2, 0) is 0 Å². The summed E-state index contributed by atoms with van der Waals surface area (Å²) in [5.74, 6) is -0.129. The van der Waals surface area contributed by atoms with Crippen LogP contribution in [0.2, 0.25) is 0 Å². The number of rotatable bonds is 0. The lowest BCUT2D eigenvalue weighted by Gasteiger charge is -1.93. The van der Waals surface area contributed by atoms with Crippen LogP contribution < -0.4 is 0 Å². The summed E-state index contributed by atoms with van der Waals surface area (Å²) in [4.78, 5) is 0. The van der Waals surface area contributed by atoms with Crippen molar-refractivity contribution in [2.24, 2.45) is 0 Å². The fourth-order valence-electron chi connectivity index (χ4n) is 0.601. The molecule has 0 aliphatic carbocycles. The van der Waals surface area contributed by atoms with Crippen LogP contribution in [0.25, 0.3) is 0 Å². The Morgan fingerprint density at radius 1 is 1.44 bits per heavy atom. The van der Waals surface area contributed by atoms with Gasteiger partial charge in [0.25, 0.3) is 0 Å². The van der Waals surface area contributed by atoms with Gasteiger partial charge in [-0.05, 0) is 47.2 Å². The first kappa shape index (κ1) is 6.99. The smallest absolute Gasteiger partial charge is 0.136 e. The zero-order chi connectivity index (χ0) is 6.85. The summed E-state index contributed by atoms with van der Waals surface area (Å²) in [7, 11) is 0. The summed E-state index contributed by atoms with van der Waals surface area (Å²) < 4.78 is 13.3. The van der Waals surface area contributed by atoms with Crippen LogP contribution in [-0.4, -0.2) is 0 Å². The first-order chi connectivity index (χ1) is 4.20. The maximum absolute atomic E-state index is 12.6. The van der Waals surface area contributed by atoms with Gasteiger partial charge in [0.15, 0.2) is 0 Å². The van der Waals surface area contributed by atoms with Crippen molar-refractivity contribution in [1.82, 2.24) is 0 Å². The highest BCUT2D eigenvalue weighted by Crippen LogP contribution is 2.11. The molecule has 0 unspecified atom stereocenters. The van der Waals surface area contributed by atoms with Gasteiger partial charge in [0, 0.05) is 3.57 Å². The molecule has 0 aliphatic rings. The van der Waals surface area contributed by atoms with Crippen LogP contribution in [0.3, 0.4) is 0 Å². The van der Waals surface area contributed by atoms with E-state index in [0.717, 1.165) is 5.56 Å². The molecule has 0 N–H and O–H groups in total. The van der Waals surface area contributed by atoms with E-state index in [9.17, 15) is 4.39 Å². The SMILES string of the molecule is Cc1ccc(I)c(F)c1. The Morgan fingerprint density at radius 3 is 2.56 bits per heavy atom. The van der Waals surface area contributed by atoms with Gasteiger partial charge >= 0.3 is 0 Å². The molecule has 0 fully saturated rings. The van der Waals surface area contributed by atoms with Gasteiger partial charge in [-0.1, -0.05) is 6.07 Å². The van der Waals surface area contributed by atoms with E-state index in [1.165, 1.54) is 6.07 Å². The second kappa shape index (κ2) is 2.64. The van der Waals surface area contributed by atoms with Gasteiger partial charge < -0.3 is 0 Å². The third kappa shape index (κ3) is 1.64. The topological polar surface area (TPSA) is 0 Å². The normalized spacial score (nSPS) is 9.67. The molecule has 0 saturated carbocycles. The Morgan fingerprint density at radius 2 is 2.11 bits per heavy atom. The Hall–Kier alpha value is -0.120. The van der Waals surface area contributed by atoms with Crippen LogP contribution in [0.15, 0.2) is 18.2 Å². The minimum absolute atomic E-state index is 0.129. The lowest BCUT2D eigenvalue weighted by molar-refractivity contribution is 0.619. The second-order valence-electron chi connectivity index (χ2n) is 1.92. The van der Waals surface area contributed by atoms with Gasteiger partial charge in [-0.25, -0.2) is 4.39 Å². The summed E-state index contributed by atoms with van der Waals surface area (Å²) in [6.45, 7) is 1.87. The Bertz CT molecular complexity index is 220. The van der Waals surface area contributed by atoms with Gasteiger partial charge in [-0.2, -0.15) is 0 Å². The molecule has 48 valence electrons. The molecule has 0 saturated heterocycles. The lowest BCUT2D eigenvalue weighted by Crippen LogP contribution is -1.80. The highest BCUT2D eigenvalue weighted by molar-refractivity contribution is 14.1. The van der Waals surface area contributed by atoms with Crippen LogP contribution in [0.4, 0.5) is 4.39 Å². The van der Waals surface area contributed by atoms with Crippen molar-refractivity contribution in [1.29, 1.82) is 0 Å². The highest BCUT2D eigenvalue weighted by atomic mass is 127. The first-order valence-electron chi connectivity index (χ1n) is 2.62. The zero-order valence-corrected chi connectivity index (χ0v) is 7.15. The zero-order valence-electron chi connectivity index (χ0n) is 4.99. The molecule has 0 spiro atoms. The maximum Gasteiger partial charge on any atom is 0.136 e. The molecule has 0 atom stereocenters. The van der Waals surface area contributed by atoms with E-state index in [-0.39, 0.29) is 5.82 Å². The summed E-state index contributed by atoms with van der Waals surface area (Å²) in [6, 6.07) is 5.19. The van der Waals surface area contributed by atoms with Gasteiger partial charge in [-0.15, -0.1) is 0 Å². The summed E-state index contributed by atoms with van der Waals surface area (Å²) >= 11 is 1.97. The van der Waals surface area contributed by atoms with Crippen LogP contribution in [0.5, 0.6) is 0 Å². The van der Waals surface area contributed by atoms with E-state index < -0.39 is 0 Å².